The standard InChI is InChI=1S/C15H23BrN4O4S/c1-15(2,3)24-14(21)20(11-5-4-6-18-9-11)25(22,23)12-7-10(16)8-19-13(12)17/h7-8,11,18H,4-6,9H2,1-3H3,(H2,17,19). The van der Waals surface area contributed by atoms with Crippen molar-refractivity contribution in [2.45, 2.75) is 50.2 Å². The Bertz CT molecular complexity index is 742. The molecule has 1 aromatic rings. The number of carbonyl (C=O) groups excluding carboxylic acids is 1. The number of sulfonamides is 1. The second-order valence-corrected chi connectivity index (χ2v) is 9.52. The van der Waals surface area contributed by atoms with Crippen LogP contribution in [0.15, 0.2) is 21.6 Å². The molecule has 1 amide bonds. The summed E-state index contributed by atoms with van der Waals surface area (Å²) in [6.07, 6.45) is 1.79. The fourth-order valence-electron chi connectivity index (χ4n) is 2.53. The third-order valence-corrected chi connectivity index (χ3v) is 5.84. The monoisotopic (exact) mass is 434 g/mol. The van der Waals surface area contributed by atoms with Gasteiger partial charge < -0.3 is 15.8 Å². The SMILES string of the molecule is CC(C)(C)OC(=O)N(C1CCCNC1)S(=O)(=O)c1cc(Br)cnc1N. The topological polar surface area (TPSA) is 115 Å². The van der Waals surface area contributed by atoms with Crippen LogP contribution in [0.5, 0.6) is 0 Å². The van der Waals surface area contributed by atoms with Crippen molar-refractivity contribution >= 4 is 37.9 Å². The first kappa shape index (κ1) is 19.9. The Balaban J connectivity index is 2.49. The molecule has 0 saturated carbocycles. The van der Waals surface area contributed by atoms with Crippen LogP contribution in [0.2, 0.25) is 0 Å². The van der Waals surface area contributed by atoms with E-state index in [-0.39, 0.29) is 10.7 Å². The number of aromatic nitrogens is 1. The number of nitrogen functional groups attached to an aromatic ring is 1. The van der Waals surface area contributed by atoms with E-state index in [0.29, 0.717) is 17.4 Å². The van der Waals surface area contributed by atoms with Crippen molar-refractivity contribution in [2.75, 3.05) is 18.8 Å². The van der Waals surface area contributed by atoms with Crippen LogP contribution < -0.4 is 11.1 Å². The van der Waals surface area contributed by atoms with E-state index < -0.39 is 27.8 Å². The molecular formula is C15H23BrN4O4S. The minimum Gasteiger partial charge on any atom is -0.443 e. The van der Waals surface area contributed by atoms with Gasteiger partial charge in [0.1, 0.15) is 16.3 Å². The molecule has 25 heavy (non-hydrogen) atoms. The molecule has 0 spiro atoms. The molecule has 0 bridgehead atoms. The smallest absolute Gasteiger partial charge is 0.424 e. The maximum atomic E-state index is 13.2. The van der Waals surface area contributed by atoms with Crippen LogP contribution in [0, 0.1) is 0 Å². The minimum absolute atomic E-state index is 0.166. The summed E-state index contributed by atoms with van der Waals surface area (Å²) in [5.41, 5.74) is 4.94. The predicted molar refractivity (Wildman–Crippen MR) is 97.5 cm³/mol. The van der Waals surface area contributed by atoms with E-state index >= 15 is 0 Å². The Morgan fingerprint density at radius 1 is 1.48 bits per heavy atom. The lowest BCUT2D eigenvalue weighted by molar-refractivity contribution is 0.0323. The normalized spacial score (nSPS) is 18.6. The van der Waals surface area contributed by atoms with Crippen molar-refractivity contribution in [2.24, 2.45) is 0 Å². The van der Waals surface area contributed by atoms with Crippen LogP contribution in [0.4, 0.5) is 10.6 Å². The van der Waals surface area contributed by atoms with E-state index in [0.717, 1.165) is 17.3 Å². The molecule has 1 unspecified atom stereocenters. The number of nitrogens with zero attached hydrogens (tertiary/aromatic N) is 2. The Morgan fingerprint density at radius 3 is 2.72 bits per heavy atom. The number of nitrogens with one attached hydrogen (secondary N) is 1. The second-order valence-electron chi connectivity index (χ2n) is 6.82. The Morgan fingerprint density at radius 2 is 2.16 bits per heavy atom. The Labute approximate surface area is 156 Å². The first-order valence-corrected chi connectivity index (χ1v) is 10.1. The molecule has 0 radical (unpaired) electrons. The van der Waals surface area contributed by atoms with Crippen LogP contribution >= 0.6 is 15.9 Å². The number of ether oxygens (including phenoxy) is 1. The molecule has 1 atom stereocenters. The molecule has 1 aliphatic heterocycles. The molecule has 2 rings (SSSR count). The largest absolute Gasteiger partial charge is 0.443 e. The molecule has 2 heterocycles. The van der Waals surface area contributed by atoms with Gasteiger partial charge in [-0.05, 0) is 62.2 Å². The highest BCUT2D eigenvalue weighted by atomic mass is 79.9. The fourth-order valence-corrected chi connectivity index (χ4v) is 4.62. The number of anilines is 1. The maximum Gasteiger partial charge on any atom is 0.424 e. The number of pyridine rings is 1. The summed E-state index contributed by atoms with van der Waals surface area (Å²) < 4.78 is 33.0. The van der Waals surface area contributed by atoms with Gasteiger partial charge >= 0.3 is 6.09 Å². The van der Waals surface area contributed by atoms with Crippen LogP contribution in [0.1, 0.15) is 33.6 Å². The van der Waals surface area contributed by atoms with Gasteiger partial charge in [0, 0.05) is 17.2 Å². The van der Waals surface area contributed by atoms with E-state index in [9.17, 15) is 13.2 Å². The van der Waals surface area contributed by atoms with Gasteiger partial charge in [-0.1, -0.05) is 0 Å². The van der Waals surface area contributed by atoms with Crippen LogP contribution in [-0.4, -0.2) is 48.5 Å². The van der Waals surface area contributed by atoms with Crippen molar-refractivity contribution in [3.63, 3.8) is 0 Å². The van der Waals surface area contributed by atoms with Gasteiger partial charge in [0.15, 0.2) is 0 Å². The third-order valence-electron chi connectivity index (χ3n) is 3.56. The highest BCUT2D eigenvalue weighted by Crippen LogP contribution is 2.28. The quantitative estimate of drug-likeness (QED) is 0.747. The first-order valence-electron chi connectivity index (χ1n) is 7.91. The predicted octanol–water partition coefficient (Wildman–Crippen LogP) is 2.10. The molecule has 10 heteroatoms. The number of carbonyl (C=O) groups is 1. The molecule has 3 N–H and O–H groups in total. The number of halogens is 1. The van der Waals surface area contributed by atoms with Gasteiger partial charge in [-0.2, -0.15) is 4.31 Å². The molecule has 1 aliphatic rings. The number of nitrogens with two attached hydrogens (primary N) is 1. The Hall–Kier alpha value is -1.39. The van der Waals surface area contributed by atoms with Crippen molar-refractivity contribution < 1.29 is 17.9 Å². The van der Waals surface area contributed by atoms with Crippen molar-refractivity contribution in [3.05, 3.63) is 16.7 Å². The van der Waals surface area contributed by atoms with Crippen LogP contribution in [0.3, 0.4) is 0 Å². The Kier molecular flexibility index (Phi) is 5.95. The fraction of sp³-hybridized carbons (Fsp3) is 0.600. The van der Waals surface area contributed by atoms with E-state index in [1.54, 1.807) is 20.8 Å². The van der Waals surface area contributed by atoms with Crippen molar-refractivity contribution in [3.8, 4) is 0 Å². The lowest BCUT2D eigenvalue weighted by atomic mass is 10.1. The summed E-state index contributed by atoms with van der Waals surface area (Å²) in [5.74, 6) is -0.166. The van der Waals surface area contributed by atoms with E-state index in [1.807, 2.05) is 0 Å². The summed E-state index contributed by atoms with van der Waals surface area (Å²) in [6.45, 7) is 6.19. The van der Waals surface area contributed by atoms with Crippen LogP contribution in [-0.2, 0) is 14.8 Å². The molecule has 8 nitrogen and oxygen atoms in total. The zero-order valence-electron chi connectivity index (χ0n) is 14.5. The number of piperidine rings is 1. The number of hydrogen-bond acceptors (Lipinski definition) is 7. The molecule has 0 aromatic carbocycles. The first-order chi connectivity index (χ1) is 11.5. The highest BCUT2D eigenvalue weighted by Gasteiger charge is 2.40. The zero-order valence-corrected chi connectivity index (χ0v) is 16.9. The summed E-state index contributed by atoms with van der Waals surface area (Å²) in [5, 5.41) is 3.11. The lowest BCUT2D eigenvalue weighted by Gasteiger charge is -2.35. The van der Waals surface area contributed by atoms with Gasteiger partial charge in [-0.15, -0.1) is 0 Å². The summed E-state index contributed by atoms with van der Waals surface area (Å²) in [7, 11) is -4.22. The average molecular weight is 435 g/mol. The zero-order chi connectivity index (χ0) is 18.8. The van der Waals surface area contributed by atoms with Gasteiger partial charge in [0.2, 0.25) is 0 Å². The van der Waals surface area contributed by atoms with Crippen LogP contribution in [0.25, 0.3) is 0 Å². The summed E-state index contributed by atoms with van der Waals surface area (Å²) in [4.78, 5) is 16.3. The second kappa shape index (κ2) is 7.46. The number of rotatable bonds is 3. The van der Waals surface area contributed by atoms with E-state index in [1.165, 1.54) is 12.3 Å². The summed E-state index contributed by atoms with van der Waals surface area (Å²) >= 11 is 3.19. The molecule has 1 fully saturated rings. The highest BCUT2D eigenvalue weighted by molar-refractivity contribution is 9.10. The molecule has 140 valence electrons. The number of amides is 1. The molecule has 1 saturated heterocycles. The minimum atomic E-state index is -4.22. The van der Waals surface area contributed by atoms with Gasteiger partial charge in [0.25, 0.3) is 10.0 Å². The molecule has 0 aliphatic carbocycles. The van der Waals surface area contributed by atoms with Gasteiger partial charge in [-0.25, -0.2) is 18.2 Å². The maximum absolute atomic E-state index is 13.2. The van der Waals surface area contributed by atoms with E-state index in [4.69, 9.17) is 10.5 Å². The van der Waals surface area contributed by atoms with Crippen molar-refractivity contribution in [1.29, 1.82) is 0 Å². The van der Waals surface area contributed by atoms with Gasteiger partial charge in [-0.3, -0.25) is 0 Å². The molecular weight excluding hydrogens is 412 g/mol. The number of hydrogen-bond donors (Lipinski definition) is 2. The summed E-state index contributed by atoms with van der Waals surface area (Å²) in [6, 6.07) is 0.789. The third kappa shape index (κ3) is 4.83. The lowest BCUT2D eigenvalue weighted by Crippen LogP contribution is -2.52. The average Bonchev–Trinajstić information content (AvgIpc) is 2.48. The molecule has 1 aromatic heterocycles. The van der Waals surface area contributed by atoms with E-state index in [2.05, 4.69) is 26.2 Å². The van der Waals surface area contributed by atoms with Gasteiger partial charge in [0.05, 0.1) is 6.04 Å². The van der Waals surface area contributed by atoms with Crippen molar-refractivity contribution in [1.82, 2.24) is 14.6 Å².